The van der Waals surface area contributed by atoms with Crippen LogP contribution in [0.25, 0.3) is 0 Å². The minimum absolute atomic E-state index is 0.0735. The fraction of sp³-hybridized carbons (Fsp3) is 0.458. The number of hydrogen-bond acceptors (Lipinski definition) is 7. The highest BCUT2D eigenvalue weighted by molar-refractivity contribution is 5.96. The highest BCUT2D eigenvalue weighted by Gasteiger charge is 2.21. The topological polar surface area (TPSA) is 104 Å². The fourth-order valence-corrected chi connectivity index (χ4v) is 3.45. The molecule has 0 fully saturated rings. The zero-order valence-corrected chi connectivity index (χ0v) is 19.0. The quantitative estimate of drug-likeness (QED) is 0.614. The predicted molar refractivity (Wildman–Crippen MR) is 124 cm³/mol. The van der Waals surface area contributed by atoms with Crippen LogP contribution >= 0.6 is 0 Å². The van der Waals surface area contributed by atoms with Gasteiger partial charge in [0.15, 0.2) is 11.5 Å². The number of pyridine rings is 1. The molecule has 0 saturated carbocycles. The Labute approximate surface area is 194 Å². The normalized spacial score (nSPS) is 15.1. The zero-order chi connectivity index (χ0) is 23.5. The van der Waals surface area contributed by atoms with E-state index in [0.29, 0.717) is 49.8 Å². The minimum Gasteiger partial charge on any atom is -0.488 e. The second kappa shape index (κ2) is 12.8. The van der Waals surface area contributed by atoms with Crippen molar-refractivity contribution in [1.82, 2.24) is 20.1 Å². The van der Waals surface area contributed by atoms with Gasteiger partial charge in [0.2, 0.25) is 11.8 Å². The number of amides is 2. The molecule has 1 aliphatic heterocycles. The summed E-state index contributed by atoms with van der Waals surface area (Å²) in [4.78, 5) is 33.3. The molecule has 9 nitrogen and oxygen atoms in total. The van der Waals surface area contributed by atoms with E-state index < -0.39 is 0 Å². The number of para-hydroxylation sites is 2. The molecule has 2 N–H and O–H groups in total. The molecule has 0 atom stereocenters. The number of carbonyl (C=O) groups is 2. The van der Waals surface area contributed by atoms with E-state index in [2.05, 4.69) is 10.3 Å². The lowest BCUT2D eigenvalue weighted by Crippen LogP contribution is -2.43. The van der Waals surface area contributed by atoms with Gasteiger partial charge in [-0.2, -0.15) is 0 Å². The van der Waals surface area contributed by atoms with Crippen molar-refractivity contribution >= 4 is 11.8 Å². The number of aromatic nitrogens is 1. The number of nitrogens with one attached hydrogen (secondary N) is 1. The third-order valence-corrected chi connectivity index (χ3v) is 5.35. The number of nitrogens with zero attached hydrogens (tertiary/aromatic N) is 3. The third kappa shape index (κ3) is 7.44. The van der Waals surface area contributed by atoms with Crippen LogP contribution in [-0.2, 0) is 4.79 Å². The Bertz CT molecular complexity index is 923. The van der Waals surface area contributed by atoms with E-state index in [4.69, 9.17) is 14.6 Å². The predicted octanol–water partition coefficient (Wildman–Crippen LogP) is 1.92. The highest BCUT2D eigenvalue weighted by Crippen LogP contribution is 2.32. The molecule has 0 radical (unpaired) electrons. The van der Waals surface area contributed by atoms with Crippen LogP contribution in [0.3, 0.4) is 0 Å². The van der Waals surface area contributed by atoms with Gasteiger partial charge in [0.25, 0.3) is 5.91 Å². The Morgan fingerprint density at radius 3 is 2.73 bits per heavy atom. The Morgan fingerprint density at radius 2 is 1.91 bits per heavy atom. The molecule has 178 valence electrons. The van der Waals surface area contributed by atoms with Crippen LogP contribution in [0.4, 0.5) is 0 Å². The maximum atomic E-state index is 13.1. The number of benzene rings is 1. The van der Waals surface area contributed by atoms with Gasteiger partial charge in [-0.15, -0.1) is 0 Å². The van der Waals surface area contributed by atoms with Crippen molar-refractivity contribution < 1.29 is 24.2 Å². The Morgan fingerprint density at radius 1 is 1.09 bits per heavy atom. The van der Waals surface area contributed by atoms with Crippen molar-refractivity contribution in [1.29, 1.82) is 0 Å². The van der Waals surface area contributed by atoms with Crippen LogP contribution in [0.1, 0.15) is 29.6 Å². The highest BCUT2D eigenvalue weighted by atomic mass is 16.5. The molecular formula is C24H32N4O5. The first kappa shape index (κ1) is 24.5. The van der Waals surface area contributed by atoms with Crippen LogP contribution < -0.4 is 14.8 Å². The molecule has 1 aromatic heterocycles. The summed E-state index contributed by atoms with van der Waals surface area (Å²) in [7, 11) is 1.72. The summed E-state index contributed by atoms with van der Waals surface area (Å²) in [5.74, 6) is 0.962. The van der Waals surface area contributed by atoms with Gasteiger partial charge >= 0.3 is 0 Å². The van der Waals surface area contributed by atoms with Gasteiger partial charge in [-0.1, -0.05) is 12.1 Å². The molecule has 2 aromatic rings. The molecule has 2 amide bonds. The van der Waals surface area contributed by atoms with Crippen molar-refractivity contribution in [2.75, 3.05) is 53.0 Å². The van der Waals surface area contributed by atoms with Crippen molar-refractivity contribution in [3.05, 3.63) is 48.2 Å². The lowest BCUT2D eigenvalue weighted by molar-refractivity contribution is -0.122. The monoisotopic (exact) mass is 456 g/mol. The molecule has 33 heavy (non-hydrogen) atoms. The average molecular weight is 457 g/mol. The van der Waals surface area contributed by atoms with Crippen LogP contribution in [0, 0.1) is 0 Å². The molecular weight excluding hydrogens is 424 g/mol. The lowest BCUT2D eigenvalue weighted by Gasteiger charge is -2.25. The summed E-state index contributed by atoms with van der Waals surface area (Å²) < 4.78 is 11.9. The number of fused-ring (bicyclic) bond motifs is 2. The van der Waals surface area contributed by atoms with Crippen molar-refractivity contribution in [3.63, 3.8) is 0 Å². The molecule has 0 spiro atoms. The zero-order valence-electron chi connectivity index (χ0n) is 19.0. The van der Waals surface area contributed by atoms with E-state index in [1.165, 1.54) is 0 Å². The number of aliphatic hydroxyl groups excluding tert-OH is 1. The van der Waals surface area contributed by atoms with Crippen LogP contribution in [0.2, 0.25) is 0 Å². The van der Waals surface area contributed by atoms with Gasteiger partial charge in [-0.25, -0.2) is 4.98 Å². The molecule has 0 aliphatic carbocycles. The summed E-state index contributed by atoms with van der Waals surface area (Å²) in [6.45, 7) is 2.78. The Hall–Kier alpha value is -3.17. The summed E-state index contributed by atoms with van der Waals surface area (Å²) in [6, 6.07) is 10.6. The molecule has 3 rings (SSSR count). The van der Waals surface area contributed by atoms with Crippen molar-refractivity contribution in [2.24, 2.45) is 0 Å². The Balaban J connectivity index is 1.71. The standard InChI is InChI=1S/C24H32N4O5/c1-27-13-14-28(18-22(30)25-11-5-2-6-16-29)15-17-32-20-9-3-4-10-21(20)33-23-19(24(27)31)8-7-12-26-23/h3-4,7-10,12,29H,2,5-6,11,13-18H2,1H3,(H,25,30). The lowest BCUT2D eigenvalue weighted by atomic mass is 10.2. The molecule has 1 aliphatic rings. The van der Waals surface area contributed by atoms with Gasteiger partial charge in [-0.3, -0.25) is 14.5 Å². The first-order valence-corrected chi connectivity index (χ1v) is 11.3. The Kier molecular flexibility index (Phi) is 9.46. The third-order valence-electron chi connectivity index (χ3n) is 5.35. The van der Waals surface area contributed by atoms with Gasteiger partial charge in [0.1, 0.15) is 12.2 Å². The minimum atomic E-state index is -0.205. The van der Waals surface area contributed by atoms with Gasteiger partial charge in [0.05, 0.1) is 6.54 Å². The smallest absolute Gasteiger partial charge is 0.259 e. The second-order valence-corrected chi connectivity index (χ2v) is 7.89. The van der Waals surface area contributed by atoms with E-state index in [1.54, 1.807) is 42.4 Å². The SMILES string of the molecule is CN1CCN(CC(=O)NCCCCCO)CCOc2ccccc2Oc2ncccc2C1=O. The maximum absolute atomic E-state index is 13.1. The van der Waals surface area contributed by atoms with E-state index >= 15 is 0 Å². The van der Waals surface area contributed by atoms with Crippen molar-refractivity contribution in [2.45, 2.75) is 19.3 Å². The number of likely N-dealkylation sites (N-methyl/N-ethyl adjacent to an activating group) is 1. The van der Waals surface area contributed by atoms with Gasteiger partial charge in [-0.05, 0) is 43.5 Å². The largest absolute Gasteiger partial charge is 0.488 e. The van der Waals surface area contributed by atoms with Gasteiger partial charge < -0.3 is 24.8 Å². The van der Waals surface area contributed by atoms with Crippen molar-refractivity contribution in [3.8, 4) is 17.4 Å². The van der Waals surface area contributed by atoms with Crippen LogP contribution in [-0.4, -0.2) is 84.7 Å². The number of ether oxygens (including phenoxy) is 2. The maximum Gasteiger partial charge on any atom is 0.259 e. The summed E-state index contributed by atoms with van der Waals surface area (Å²) >= 11 is 0. The van der Waals surface area contributed by atoms with E-state index in [0.717, 1.165) is 19.3 Å². The first-order valence-electron chi connectivity index (χ1n) is 11.3. The van der Waals surface area contributed by atoms with E-state index in [-0.39, 0.29) is 30.8 Å². The molecule has 0 unspecified atom stereocenters. The van der Waals surface area contributed by atoms with Gasteiger partial charge in [0, 0.05) is 46.0 Å². The summed E-state index contributed by atoms with van der Waals surface area (Å²) in [6.07, 6.45) is 4.03. The molecule has 0 bridgehead atoms. The second-order valence-electron chi connectivity index (χ2n) is 7.89. The number of carbonyl (C=O) groups excluding carboxylic acids is 2. The van der Waals surface area contributed by atoms with Crippen LogP contribution in [0.5, 0.6) is 17.4 Å². The molecule has 0 saturated heterocycles. The number of unbranched alkanes of at least 4 members (excludes halogenated alkanes) is 2. The number of aliphatic hydroxyl groups is 1. The summed E-state index contributed by atoms with van der Waals surface area (Å²) in [5.41, 5.74) is 0.362. The summed E-state index contributed by atoms with van der Waals surface area (Å²) in [5, 5.41) is 11.8. The first-order chi connectivity index (χ1) is 16.1. The number of hydrogen-bond donors (Lipinski definition) is 2. The fourth-order valence-electron chi connectivity index (χ4n) is 3.45. The molecule has 1 aromatic carbocycles. The van der Waals surface area contributed by atoms with E-state index in [1.807, 2.05) is 17.0 Å². The molecule has 2 heterocycles. The number of rotatable bonds is 7. The van der Waals surface area contributed by atoms with E-state index in [9.17, 15) is 9.59 Å². The average Bonchev–Trinajstić information content (AvgIpc) is 2.83. The van der Waals surface area contributed by atoms with Crippen LogP contribution in [0.15, 0.2) is 42.6 Å². The molecule has 9 heteroatoms.